The Kier molecular flexibility index (Phi) is 6.19. The molecule has 0 radical (unpaired) electrons. The number of halogens is 3. The molecule has 31 heavy (non-hydrogen) atoms. The van der Waals surface area contributed by atoms with Gasteiger partial charge in [0.2, 0.25) is 5.91 Å². The fourth-order valence-electron chi connectivity index (χ4n) is 2.68. The van der Waals surface area contributed by atoms with Crippen molar-refractivity contribution in [3.8, 4) is 0 Å². The third-order valence-corrected chi connectivity index (χ3v) is 4.21. The van der Waals surface area contributed by atoms with E-state index in [1.807, 2.05) is 6.92 Å². The van der Waals surface area contributed by atoms with Crippen LogP contribution in [0.2, 0.25) is 0 Å². The molecule has 160 valence electrons. The summed E-state index contributed by atoms with van der Waals surface area (Å²) in [5.74, 6) is -1.51. The molecule has 0 unspecified atom stereocenters. The number of rotatable bonds is 5. The summed E-state index contributed by atoms with van der Waals surface area (Å²) in [7, 11) is 0. The van der Waals surface area contributed by atoms with Gasteiger partial charge in [-0.3, -0.25) is 14.4 Å². The van der Waals surface area contributed by atoms with E-state index in [1.165, 1.54) is 18.2 Å². The first kappa shape index (κ1) is 21.8. The standard InChI is InChI=1S/C21H17F3N4O3/c1-13-6-8-14(9-7-13)25-20(31)17-10-11-19(30)28(27-17)12-18(29)26-16-5-3-2-4-15(16)21(22,23)24/h2-11H,12H2,1H3,(H,25,31)(H,26,29). The number of aromatic nitrogens is 2. The van der Waals surface area contributed by atoms with Gasteiger partial charge in [0.15, 0.2) is 0 Å². The predicted molar refractivity (Wildman–Crippen MR) is 108 cm³/mol. The van der Waals surface area contributed by atoms with E-state index in [0.717, 1.165) is 23.8 Å². The van der Waals surface area contributed by atoms with E-state index >= 15 is 0 Å². The lowest BCUT2D eigenvalue weighted by atomic mass is 10.1. The highest BCUT2D eigenvalue weighted by Gasteiger charge is 2.33. The lowest BCUT2D eigenvalue weighted by Gasteiger charge is -2.14. The molecule has 0 saturated heterocycles. The molecule has 1 aromatic heterocycles. The summed E-state index contributed by atoms with van der Waals surface area (Å²) in [5.41, 5.74) is -0.773. The molecule has 3 rings (SSSR count). The van der Waals surface area contributed by atoms with E-state index in [4.69, 9.17) is 0 Å². The second kappa shape index (κ2) is 8.82. The zero-order chi connectivity index (χ0) is 22.6. The van der Waals surface area contributed by atoms with Crippen molar-refractivity contribution < 1.29 is 22.8 Å². The molecule has 2 amide bonds. The number of amides is 2. The van der Waals surface area contributed by atoms with E-state index in [1.54, 1.807) is 24.3 Å². The van der Waals surface area contributed by atoms with Crippen LogP contribution < -0.4 is 16.2 Å². The zero-order valence-corrected chi connectivity index (χ0v) is 16.2. The summed E-state index contributed by atoms with van der Waals surface area (Å²) in [4.78, 5) is 36.6. The number of para-hydroxylation sites is 1. The van der Waals surface area contributed by atoms with Crippen LogP contribution in [0.25, 0.3) is 0 Å². The quantitative estimate of drug-likeness (QED) is 0.648. The molecule has 0 aliphatic rings. The van der Waals surface area contributed by atoms with Crippen molar-refractivity contribution in [2.24, 2.45) is 0 Å². The molecule has 2 aromatic carbocycles. The molecule has 1 heterocycles. The summed E-state index contributed by atoms with van der Waals surface area (Å²) in [6, 6.07) is 13.7. The highest BCUT2D eigenvalue weighted by molar-refractivity contribution is 6.02. The van der Waals surface area contributed by atoms with Gasteiger partial charge in [0.05, 0.1) is 11.3 Å². The van der Waals surface area contributed by atoms with Crippen LogP contribution in [-0.2, 0) is 17.5 Å². The predicted octanol–water partition coefficient (Wildman–Crippen LogP) is 3.46. The van der Waals surface area contributed by atoms with Crippen LogP contribution >= 0.6 is 0 Å². The van der Waals surface area contributed by atoms with Gasteiger partial charge in [-0.25, -0.2) is 4.68 Å². The van der Waals surface area contributed by atoms with Gasteiger partial charge in [0.1, 0.15) is 12.2 Å². The van der Waals surface area contributed by atoms with Gasteiger partial charge in [0.25, 0.3) is 11.5 Å². The van der Waals surface area contributed by atoms with Crippen LogP contribution in [0, 0.1) is 6.92 Å². The van der Waals surface area contributed by atoms with Gasteiger partial charge in [-0.05, 0) is 37.3 Å². The van der Waals surface area contributed by atoms with Crippen molar-refractivity contribution >= 4 is 23.2 Å². The average Bonchev–Trinajstić information content (AvgIpc) is 2.71. The summed E-state index contributed by atoms with van der Waals surface area (Å²) in [5, 5.41) is 8.58. The number of alkyl halides is 3. The SMILES string of the molecule is Cc1ccc(NC(=O)c2ccc(=O)n(CC(=O)Nc3ccccc3C(F)(F)F)n2)cc1. The second-order valence-electron chi connectivity index (χ2n) is 6.63. The molecule has 0 spiro atoms. The van der Waals surface area contributed by atoms with Gasteiger partial charge < -0.3 is 10.6 Å². The Morgan fingerprint density at radius 2 is 1.65 bits per heavy atom. The van der Waals surface area contributed by atoms with Gasteiger partial charge in [-0.2, -0.15) is 18.3 Å². The van der Waals surface area contributed by atoms with E-state index < -0.39 is 41.3 Å². The van der Waals surface area contributed by atoms with Crippen LogP contribution in [0.3, 0.4) is 0 Å². The first-order valence-electron chi connectivity index (χ1n) is 9.06. The van der Waals surface area contributed by atoms with Crippen LogP contribution in [0.15, 0.2) is 65.5 Å². The Balaban J connectivity index is 1.75. The third kappa shape index (κ3) is 5.56. The Hall–Kier alpha value is -3.95. The van der Waals surface area contributed by atoms with Crippen LogP contribution in [-0.4, -0.2) is 21.6 Å². The van der Waals surface area contributed by atoms with E-state index in [0.29, 0.717) is 10.4 Å². The average molecular weight is 430 g/mol. The lowest BCUT2D eigenvalue weighted by Crippen LogP contribution is -2.31. The van der Waals surface area contributed by atoms with Crippen molar-refractivity contribution in [3.63, 3.8) is 0 Å². The molecule has 0 atom stereocenters. The molecule has 0 saturated carbocycles. The Bertz CT molecular complexity index is 1170. The Labute approximate surface area is 174 Å². The number of aryl methyl sites for hydroxylation is 1. The van der Waals surface area contributed by atoms with Crippen molar-refractivity contribution in [3.05, 3.63) is 87.8 Å². The first-order valence-corrected chi connectivity index (χ1v) is 9.06. The summed E-state index contributed by atoms with van der Waals surface area (Å²) >= 11 is 0. The number of carbonyl (C=O) groups excluding carboxylic acids is 2. The number of nitrogens with one attached hydrogen (secondary N) is 2. The second-order valence-corrected chi connectivity index (χ2v) is 6.63. The maximum absolute atomic E-state index is 13.1. The normalized spacial score (nSPS) is 11.1. The van der Waals surface area contributed by atoms with Crippen molar-refractivity contribution in [1.29, 1.82) is 0 Å². The van der Waals surface area contributed by atoms with Crippen LogP contribution in [0.5, 0.6) is 0 Å². The zero-order valence-electron chi connectivity index (χ0n) is 16.2. The summed E-state index contributed by atoms with van der Waals surface area (Å²) < 4.78 is 39.9. The van der Waals surface area contributed by atoms with Gasteiger partial charge in [-0.15, -0.1) is 0 Å². The molecular formula is C21H17F3N4O3. The first-order chi connectivity index (χ1) is 14.6. The maximum atomic E-state index is 13.1. The summed E-state index contributed by atoms with van der Waals surface area (Å²) in [6.07, 6.45) is -4.66. The van der Waals surface area contributed by atoms with Crippen molar-refractivity contribution in [2.45, 2.75) is 19.6 Å². The fourth-order valence-corrected chi connectivity index (χ4v) is 2.68. The minimum absolute atomic E-state index is 0.135. The van der Waals surface area contributed by atoms with Gasteiger partial charge in [0, 0.05) is 11.8 Å². The largest absolute Gasteiger partial charge is 0.418 e. The highest BCUT2D eigenvalue weighted by Crippen LogP contribution is 2.34. The van der Waals surface area contributed by atoms with E-state index in [-0.39, 0.29) is 5.69 Å². The lowest BCUT2D eigenvalue weighted by molar-refractivity contribution is -0.137. The molecule has 10 heteroatoms. The number of carbonyl (C=O) groups is 2. The van der Waals surface area contributed by atoms with E-state index in [2.05, 4.69) is 15.7 Å². The Morgan fingerprint density at radius 3 is 2.32 bits per heavy atom. The number of hydrogen-bond acceptors (Lipinski definition) is 4. The summed E-state index contributed by atoms with van der Waals surface area (Å²) in [6.45, 7) is 1.22. The third-order valence-electron chi connectivity index (χ3n) is 4.21. The van der Waals surface area contributed by atoms with Gasteiger partial charge in [-0.1, -0.05) is 29.8 Å². The molecule has 0 aliphatic heterocycles. The highest BCUT2D eigenvalue weighted by atomic mass is 19.4. The Morgan fingerprint density at radius 1 is 0.968 bits per heavy atom. The maximum Gasteiger partial charge on any atom is 0.418 e. The molecule has 2 N–H and O–H groups in total. The van der Waals surface area contributed by atoms with Crippen LogP contribution in [0.4, 0.5) is 24.5 Å². The number of benzene rings is 2. The number of nitrogens with zero attached hydrogens (tertiary/aromatic N) is 2. The molecule has 0 aliphatic carbocycles. The molecular weight excluding hydrogens is 413 g/mol. The minimum atomic E-state index is -4.66. The molecule has 3 aromatic rings. The fraction of sp³-hybridized carbons (Fsp3) is 0.143. The smallest absolute Gasteiger partial charge is 0.324 e. The number of hydrogen-bond donors (Lipinski definition) is 2. The van der Waals surface area contributed by atoms with E-state index in [9.17, 15) is 27.6 Å². The molecule has 0 bridgehead atoms. The van der Waals surface area contributed by atoms with Crippen molar-refractivity contribution in [2.75, 3.05) is 10.6 Å². The molecule has 7 nitrogen and oxygen atoms in total. The molecule has 0 fully saturated rings. The van der Waals surface area contributed by atoms with Crippen molar-refractivity contribution in [1.82, 2.24) is 9.78 Å². The van der Waals surface area contributed by atoms with Crippen LogP contribution in [0.1, 0.15) is 21.6 Å². The minimum Gasteiger partial charge on any atom is -0.324 e. The number of anilines is 2. The monoisotopic (exact) mass is 430 g/mol. The topological polar surface area (TPSA) is 93.1 Å². The van der Waals surface area contributed by atoms with Gasteiger partial charge >= 0.3 is 6.18 Å².